The maximum Gasteiger partial charge on any atom is 0.142 e. The molecule has 0 saturated carbocycles. The minimum atomic E-state index is -0.363. The largest absolute Gasteiger partial charge is 0.377 e. The molecule has 88 valence electrons. The monoisotopic (exact) mass is 243 g/mol. The van der Waals surface area contributed by atoms with Crippen LogP contribution >= 0.6 is 11.6 Å². The minimum absolute atomic E-state index is 0.211. The summed E-state index contributed by atoms with van der Waals surface area (Å²) >= 11 is 5.84. The first-order valence-electron chi connectivity index (χ1n) is 5.52. The Labute approximate surface area is 99.7 Å². The van der Waals surface area contributed by atoms with Gasteiger partial charge in [-0.15, -0.1) is 0 Å². The molecule has 4 heteroatoms. The molecule has 0 radical (unpaired) electrons. The predicted octanol–water partition coefficient (Wildman–Crippen LogP) is 2.75. The summed E-state index contributed by atoms with van der Waals surface area (Å²) in [5.41, 5.74) is 0.791. The van der Waals surface area contributed by atoms with Crippen LogP contribution in [-0.2, 0) is 11.3 Å². The van der Waals surface area contributed by atoms with Crippen LogP contribution < -0.4 is 5.32 Å². The van der Waals surface area contributed by atoms with E-state index < -0.39 is 0 Å². The van der Waals surface area contributed by atoms with Crippen molar-refractivity contribution in [1.82, 2.24) is 5.32 Å². The molecule has 2 rings (SSSR count). The molecule has 1 aliphatic heterocycles. The van der Waals surface area contributed by atoms with Gasteiger partial charge in [0.2, 0.25) is 0 Å². The third-order valence-corrected chi connectivity index (χ3v) is 3.17. The number of nitrogens with one attached hydrogen (secondary N) is 1. The normalized spacial score (nSPS) is 20.2. The van der Waals surface area contributed by atoms with Gasteiger partial charge in [0.15, 0.2) is 0 Å². The smallest absolute Gasteiger partial charge is 0.142 e. The van der Waals surface area contributed by atoms with Gasteiger partial charge >= 0.3 is 0 Å². The fraction of sp³-hybridized carbons (Fsp3) is 0.500. The Morgan fingerprint density at radius 1 is 1.50 bits per heavy atom. The molecular formula is C12H15ClFNO. The molecule has 0 bridgehead atoms. The van der Waals surface area contributed by atoms with Gasteiger partial charge < -0.3 is 10.1 Å². The van der Waals surface area contributed by atoms with Gasteiger partial charge in [-0.05, 0) is 24.5 Å². The number of ether oxygens (including phenoxy) is 1. The zero-order valence-corrected chi connectivity index (χ0v) is 9.77. The summed E-state index contributed by atoms with van der Waals surface area (Å²) < 4.78 is 18.6. The molecule has 16 heavy (non-hydrogen) atoms. The van der Waals surface area contributed by atoms with E-state index in [-0.39, 0.29) is 10.8 Å². The van der Waals surface area contributed by atoms with E-state index in [1.165, 1.54) is 6.07 Å². The standard InChI is InChI=1S/C12H15ClFNO/c13-12-9(3-1-5-11(12)14)7-15-8-10-4-2-6-16-10/h1,3,5,10,15H,2,4,6-8H2. The van der Waals surface area contributed by atoms with Crippen molar-refractivity contribution in [3.05, 3.63) is 34.6 Å². The Balaban J connectivity index is 1.82. The molecule has 1 atom stereocenters. The number of benzene rings is 1. The molecule has 1 aliphatic rings. The van der Waals surface area contributed by atoms with Crippen LogP contribution in [0.3, 0.4) is 0 Å². The van der Waals surface area contributed by atoms with Crippen LogP contribution in [0, 0.1) is 5.82 Å². The van der Waals surface area contributed by atoms with Crippen LogP contribution in [-0.4, -0.2) is 19.3 Å². The molecule has 1 unspecified atom stereocenters. The van der Waals surface area contributed by atoms with Gasteiger partial charge in [-0.3, -0.25) is 0 Å². The van der Waals surface area contributed by atoms with Crippen molar-refractivity contribution in [3.8, 4) is 0 Å². The lowest BCUT2D eigenvalue weighted by molar-refractivity contribution is 0.110. The van der Waals surface area contributed by atoms with E-state index >= 15 is 0 Å². The average molecular weight is 244 g/mol. The Morgan fingerprint density at radius 3 is 3.12 bits per heavy atom. The molecule has 2 nitrogen and oxygen atoms in total. The van der Waals surface area contributed by atoms with Gasteiger partial charge in [0, 0.05) is 19.7 Å². The van der Waals surface area contributed by atoms with Crippen molar-refractivity contribution >= 4 is 11.6 Å². The zero-order valence-electron chi connectivity index (χ0n) is 9.01. The third kappa shape index (κ3) is 2.94. The summed E-state index contributed by atoms with van der Waals surface area (Å²) in [5.74, 6) is -0.363. The van der Waals surface area contributed by atoms with Crippen LogP contribution in [0.1, 0.15) is 18.4 Å². The van der Waals surface area contributed by atoms with E-state index in [4.69, 9.17) is 16.3 Å². The summed E-state index contributed by atoms with van der Waals surface area (Å²) in [4.78, 5) is 0. The van der Waals surface area contributed by atoms with Gasteiger partial charge in [-0.25, -0.2) is 4.39 Å². The fourth-order valence-corrected chi connectivity index (χ4v) is 2.05. The van der Waals surface area contributed by atoms with E-state index in [0.717, 1.165) is 31.6 Å². The highest BCUT2D eigenvalue weighted by atomic mass is 35.5. The molecule has 0 spiro atoms. The highest BCUT2D eigenvalue weighted by Crippen LogP contribution is 2.19. The lowest BCUT2D eigenvalue weighted by Crippen LogP contribution is -2.25. The predicted molar refractivity (Wildman–Crippen MR) is 62.1 cm³/mol. The number of hydrogen-bond donors (Lipinski definition) is 1. The maximum absolute atomic E-state index is 13.1. The SMILES string of the molecule is Fc1cccc(CNCC2CCCO2)c1Cl. The summed E-state index contributed by atoms with van der Waals surface area (Å²) in [6.45, 7) is 2.23. The van der Waals surface area contributed by atoms with Gasteiger partial charge in [0.05, 0.1) is 11.1 Å². The van der Waals surface area contributed by atoms with Crippen molar-refractivity contribution in [1.29, 1.82) is 0 Å². The lowest BCUT2D eigenvalue weighted by atomic mass is 10.2. The Bertz CT molecular complexity index is 353. The van der Waals surface area contributed by atoms with Gasteiger partial charge in [0.25, 0.3) is 0 Å². The minimum Gasteiger partial charge on any atom is -0.377 e. The first-order valence-corrected chi connectivity index (χ1v) is 5.90. The first kappa shape index (κ1) is 11.8. The van der Waals surface area contributed by atoms with Crippen LogP contribution in [0.4, 0.5) is 4.39 Å². The third-order valence-electron chi connectivity index (χ3n) is 2.74. The van der Waals surface area contributed by atoms with Crippen molar-refractivity contribution in [3.63, 3.8) is 0 Å². The Kier molecular flexibility index (Phi) is 4.16. The second-order valence-corrected chi connectivity index (χ2v) is 4.36. The number of hydrogen-bond acceptors (Lipinski definition) is 2. The molecule has 0 amide bonds. The second kappa shape index (κ2) is 5.62. The molecule has 1 heterocycles. The molecular weight excluding hydrogens is 229 g/mol. The van der Waals surface area contributed by atoms with E-state index in [2.05, 4.69) is 5.32 Å². The highest BCUT2D eigenvalue weighted by molar-refractivity contribution is 6.31. The highest BCUT2D eigenvalue weighted by Gasteiger charge is 2.14. The number of halogens is 2. The lowest BCUT2D eigenvalue weighted by Gasteiger charge is -2.11. The summed E-state index contributed by atoms with van der Waals surface area (Å²) in [6, 6.07) is 4.87. The fourth-order valence-electron chi connectivity index (χ4n) is 1.86. The topological polar surface area (TPSA) is 21.3 Å². The Morgan fingerprint density at radius 2 is 2.38 bits per heavy atom. The van der Waals surface area contributed by atoms with E-state index in [0.29, 0.717) is 12.6 Å². The molecule has 0 aromatic heterocycles. The van der Waals surface area contributed by atoms with Gasteiger partial charge in [0.1, 0.15) is 5.82 Å². The summed E-state index contributed by atoms with van der Waals surface area (Å²) in [7, 11) is 0. The zero-order chi connectivity index (χ0) is 11.4. The maximum atomic E-state index is 13.1. The summed E-state index contributed by atoms with van der Waals surface area (Å²) in [6.07, 6.45) is 2.53. The molecule has 1 saturated heterocycles. The quantitative estimate of drug-likeness (QED) is 0.878. The van der Waals surface area contributed by atoms with Crippen LogP contribution in [0.5, 0.6) is 0 Å². The van der Waals surface area contributed by atoms with Gasteiger partial charge in [-0.2, -0.15) is 0 Å². The van der Waals surface area contributed by atoms with Crippen molar-refractivity contribution in [2.45, 2.75) is 25.5 Å². The molecule has 1 fully saturated rings. The van der Waals surface area contributed by atoms with Crippen molar-refractivity contribution in [2.24, 2.45) is 0 Å². The van der Waals surface area contributed by atoms with E-state index in [1.807, 2.05) is 6.07 Å². The Hall–Kier alpha value is -0.640. The van der Waals surface area contributed by atoms with Crippen LogP contribution in [0.2, 0.25) is 5.02 Å². The van der Waals surface area contributed by atoms with E-state index in [9.17, 15) is 4.39 Å². The molecule has 1 aromatic carbocycles. The number of rotatable bonds is 4. The molecule has 1 aromatic rings. The van der Waals surface area contributed by atoms with Crippen molar-refractivity contribution < 1.29 is 9.13 Å². The van der Waals surface area contributed by atoms with E-state index in [1.54, 1.807) is 6.07 Å². The summed E-state index contributed by atoms with van der Waals surface area (Å²) in [5, 5.41) is 3.45. The first-order chi connectivity index (χ1) is 7.77. The van der Waals surface area contributed by atoms with Crippen LogP contribution in [0.15, 0.2) is 18.2 Å². The average Bonchev–Trinajstić information content (AvgIpc) is 2.77. The molecule has 0 aliphatic carbocycles. The molecule has 1 N–H and O–H groups in total. The van der Waals surface area contributed by atoms with Gasteiger partial charge in [-0.1, -0.05) is 23.7 Å². The second-order valence-electron chi connectivity index (χ2n) is 3.98. The van der Waals surface area contributed by atoms with Crippen molar-refractivity contribution in [2.75, 3.05) is 13.2 Å². The van der Waals surface area contributed by atoms with Crippen LogP contribution in [0.25, 0.3) is 0 Å².